The first-order valence-electron chi connectivity index (χ1n) is 9.54. The zero-order valence-corrected chi connectivity index (χ0v) is 19.3. The summed E-state index contributed by atoms with van der Waals surface area (Å²) in [5.74, 6) is -0.171. The summed E-state index contributed by atoms with van der Waals surface area (Å²) in [5.41, 5.74) is -2.25. The predicted molar refractivity (Wildman–Crippen MR) is 107 cm³/mol. The highest BCUT2D eigenvalue weighted by molar-refractivity contribution is 5.88. The monoisotopic (exact) mass is 402 g/mol. The van der Waals surface area contributed by atoms with E-state index in [1.807, 2.05) is 13.8 Å². The van der Waals surface area contributed by atoms with Crippen LogP contribution in [0.1, 0.15) is 76.2 Å². The normalized spacial score (nSPS) is 13.6. The Balaban J connectivity index is 5.59. The Hall–Kier alpha value is -1.99. The minimum atomic E-state index is -0.827. The van der Waals surface area contributed by atoms with Gasteiger partial charge in [0.2, 0.25) is 0 Å². The van der Waals surface area contributed by atoms with Crippen LogP contribution < -0.4 is 5.32 Å². The third-order valence-electron chi connectivity index (χ3n) is 3.14. The number of hydrogen-bond acceptors (Lipinski definition) is 6. The summed E-state index contributed by atoms with van der Waals surface area (Å²) in [6, 6.07) is -0.683. The van der Waals surface area contributed by atoms with Crippen molar-refractivity contribution in [3.05, 3.63) is 0 Å². The molecule has 28 heavy (non-hydrogen) atoms. The number of ether oxygens (including phenoxy) is 3. The van der Waals surface area contributed by atoms with E-state index in [4.69, 9.17) is 14.2 Å². The highest BCUT2D eigenvalue weighted by Crippen LogP contribution is 2.20. The molecule has 0 saturated heterocycles. The van der Waals surface area contributed by atoms with Gasteiger partial charge in [-0.25, -0.2) is 19.3 Å². The largest absolute Gasteiger partial charge is 0.444 e. The number of hydrogen-bond donors (Lipinski definition) is 1. The molecule has 0 bridgehead atoms. The first kappa shape index (κ1) is 26.0. The maximum Gasteiger partial charge on any atom is 0.420 e. The standard InChI is InChI=1S/C20H38N2O6/c1-13(2)14(12-21-15(23)26-18(3,4)5)22(16(24)27-19(6,7)8)17(25)28-20(9,10)11/h13-14H,12H2,1-11H3,(H,21,23)/t14-/m1/s1. The van der Waals surface area contributed by atoms with Crippen LogP contribution in [0.5, 0.6) is 0 Å². The minimum absolute atomic E-state index is 0.00503. The van der Waals surface area contributed by atoms with Crippen LogP contribution in [0.4, 0.5) is 14.4 Å². The molecule has 0 heterocycles. The zero-order chi connectivity index (χ0) is 22.5. The van der Waals surface area contributed by atoms with E-state index in [0.717, 1.165) is 4.90 Å². The SMILES string of the molecule is CC(C)[C@@H](CNC(=O)OC(C)(C)C)N(C(=O)OC(C)(C)C)C(=O)OC(C)(C)C. The Morgan fingerprint density at radius 1 is 0.750 bits per heavy atom. The van der Waals surface area contributed by atoms with E-state index < -0.39 is 41.1 Å². The number of amides is 3. The molecule has 3 amide bonds. The van der Waals surface area contributed by atoms with Gasteiger partial charge in [0.25, 0.3) is 0 Å². The molecule has 0 spiro atoms. The van der Waals surface area contributed by atoms with E-state index in [1.165, 1.54) is 0 Å². The van der Waals surface area contributed by atoms with Gasteiger partial charge in [-0.2, -0.15) is 0 Å². The molecule has 0 aliphatic carbocycles. The summed E-state index contributed by atoms with van der Waals surface area (Å²) >= 11 is 0. The van der Waals surface area contributed by atoms with Crippen LogP contribution in [-0.2, 0) is 14.2 Å². The Morgan fingerprint density at radius 2 is 1.11 bits per heavy atom. The van der Waals surface area contributed by atoms with Gasteiger partial charge in [0.15, 0.2) is 0 Å². The molecule has 0 aromatic rings. The third kappa shape index (κ3) is 11.0. The van der Waals surface area contributed by atoms with Crippen LogP contribution in [0.3, 0.4) is 0 Å². The van der Waals surface area contributed by atoms with Gasteiger partial charge in [-0.05, 0) is 68.2 Å². The van der Waals surface area contributed by atoms with E-state index in [2.05, 4.69) is 5.32 Å². The van der Waals surface area contributed by atoms with Crippen molar-refractivity contribution in [3.63, 3.8) is 0 Å². The molecular weight excluding hydrogens is 364 g/mol. The second-order valence-electron chi connectivity index (χ2n) is 10.0. The van der Waals surface area contributed by atoms with Gasteiger partial charge in [-0.3, -0.25) is 0 Å². The fraction of sp³-hybridized carbons (Fsp3) is 0.850. The number of alkyl carbamates (subject to hydrolysis) is 1. The summed E-state index contributed by atoms with van der Waals surface area (Å²) < 4.78 is 16.0. The summed E-state index contributed by atoms with van der Waals surface area (Å²) in [4.78, 5) is 38.5. The molecule has 0 rings (SSSR count). The third-order valence-corrected chi connectivity index (χ3v) is 3.14. The number of imide groups is 1. The van der Waals surface area contributed by atoms with Crippen LogP contribution in [0.25, 0.3) is 0 Å². The van der Waals surface area contributed by atoms with E-state index in [1.54, 1.807) is 62.3 Å². The maximum absolute atomic E-state index is 12.8. The number of rotatable bonds is 4. The highest BCUT2D eigenvalue weighted by Gasteiger charge is 2.38. The van der Waals surface area contributed by atoms with Gasteiger partial charge < -0.3 is 19.5 Å². The minimum Gasteiger partial charge on any atom is -0.444 e. The molecule has 0 saturated carbocycles. The maximum atomic E-state index is 12.8. The molecule has 1 N–H and O–H groups in total. The van der Waals surface area contributed by atoms with Gasteiger partial charge in [0.1, 0.15) is 16.8 Å². The molecule has 0 radical (unpaired) electrons. The van der Waals surface area contributed by atoms with Crippen molar-refractivity contribution in [3.8, 4) is 0 Å². The molecule has 1 atom stereocenters. The van der Waals surface area contributed by atoms with Crippen molar-refractivity contribution in [2.24, 2.45) is 5.92 Å². The average molecular weight is 403 g/mol. The van der Waals surface area contributed by atoms with Gasteiger partial charge in [0.05, 0.1) is 6.04 Å². The second kappa shape index (κ2) is 9.47. The van der Waals surface area contributed by atoms with Crippen molar-refractivity contribution >= 4 is 18.3 Å². The Morgan fingerprint density at radius 3 is 1.39 bits per heavy atom. The van der Waals surface area contributed by atoms with Gasteiger partial charge in [-0.1, -0.05) is 13.8 Å². The van der Waals surface area contributed by atoms with E-state index in [-0.39, 0.29) is 12.5 Å². The molecule has 0 aromatic heterocycles. The average Bonchev–Trinajstić information content (AvgIpc) is 2.36. The second-order valence-corrected chi connectivity index (χ2v) is 10.0. The van der Waals surface area contributed by atoms with Crippen LogP contribution in [0.2, 0.25) is 0 Å². The molecule has 0 unspecified atom stereocenters. The lowest BCUT2D eigenvalue weighted by molar-refractivity contribution is -0.0125. The summed E-state index contributed by atoms with van der Waals surface area (Å²) in [5, 5.41) is 2.62. The van der Waals surface area contributed by atoms with Crippen molar-refractivity contribution < 1.29 is 28.6 Å². The topological polar surface area (TPSA) is 94.2 Å². The summed E-state index contributed by atoms with van der Waals surface area (Å²) in [7, 11) is 0. The van der Waals surface area contributed by atoms with E-state index in [9.17, 15) is 14.4 Å². The van der Waals surface area contributed by atoms with Crippen molar-refractivity contribution in [2.75, 3.05) is 6.54 Å². The number of carbonyl (C=O) groups excluding carboxylic acids is 3. The molecule has 0 aromatic carbocycles. The molecule has 0 fully saturated rings. The number of nitrogens with zero attached hydrogens (tertiary/aromatic N) is 1. The van der Waals surface area contributed by atoms with Crippen LogP contribution in [0, 0.1) is 5.92 Å². The molecule has 164 valence electrons. The van der Waals surface area contributed by atoms with Gasteiger partial charge in [0, 0.05) is 6.54 Å². The quantitative estimate of drug-likeness (QED) is 0.685. The van der Waals surface area contributed by atoms with Gasteiger partial charge >= 0.3 is 18.3 Å². The predicted octanol–water partition coefficient (Wildman–Crippen LogP) is 4.71. The summed E-state index contributed by atoms with van der Waals surface area (Å²) in [6.45, 7) is 19.2. The molecule has 8 nitrogen and oxygen atoms in total. The first-order chi connectivity index (χ1) is 12.3. The first-order valence-corrected chi connectivity index (χ1v) is 9.54. The fourth-order valence-electron chi connectivity index (χ4n) is 2.09. The molecule has 0 aliphatic rings. The van der Waals surface area contributed by atoms with E-state index in [0.29, 0.717) is 0 Å². The Kier molecular flexibility index (Phi) is 8.80. The molecular formula is C20H38N2O6. The van der Waals surface area contributed by atoms with Crippen LogP contribution in [-0.4, -0.2) is 52.6 Å². The van der Waals surface area contributed by atoms with Crippen molar-refractivity contribution in [1.29, 1.82) is 0 Å². The fourth-order valence-corrected chi connectivity index (χ4v) is 2.09. The summed E-state index contributed by atoms with van der Waals surface area (Å²) in [6.07, 6.45) is -2.29. The van der Waals surface area contributed by atoms with Crippen LogP contribution in [0.15, 0.2) is 0 Å². The Bertz CT molecular complexity index is 525. The Labute approximate surface area is 169 Å². The smallest absolute Gasteiger partial charge is 0.420 e. The molecule has 0 aliphatic heterocycles. The lowest BCUT2D eigenvalue weighted by Crippen LogP contribution is -2.55. The zero-order valence-electron chi connectivity index (χ0n) is 19.3. The lowest BCUT2D eigenvalue weighted by atomic mass is 10.0. The lowest BCUT2D eigenvalue weighted by Gasteiger charge is -2.35. The van der Waals surface area contributed by atoms with E-state index >= 15 is 0 Å². The van der Waals surface area contributed by atoms with Crippen LogP contribution >= 0.6 is 0 Å². The number of carbonyl (C=O) groups is 3. The highest BCUT2D eigenvalue weighted by atomic mass is 16.6. The van der Waals surface area contributed by atoms with Crippen molar-refractivity contribution in [1.82, 2.24) is 10.2 Å². The number of nitrogens with one attached hydrogen (secondary N) is 1. The molecule has 8 heteroatoms. The van der Waals surface area contributed by atoms with Crippen molar-refractivity contribution in [2.45, 2.75) is 99.0 Å². The van der Waals surface area contributed by atoms with Gasteiger partial charge in [-0.15, -0.1) is 0 Å².